The lowest BCUT2D eigenvalue weighted by Crippen LogP contribution is -2.60. The smallest absolute Gasteiger partial charge is 0.181 e. The summed E-state index contributed by atoms with van der Waals surface area (Å²) in [6.07, 6.45) is 0. The molecule has 1 heterocycles. The second-order valence-electron chi connectivity index (χ2n) is 9.36. The molecule has 32 heavy (non-hydrogen) atoms. The van der Waals surface area contributed by atoms with E-state index in [9.17, 15) is 9.59 Å². The highest BCUT2D eigenvalue weighted by Gasteiger charge is 2.56. The van der Waals surface area contributed by atoms with Crippen molar-refractivity contribution in [2.24, 2.45) is 5.41 Å². The molecule has 2 aliphatic rings. The van der Waals surface area contributed by atoms with Crippen molar-refractivity contribution < 1.29 is 9.59 Å². The van der Waals surface area contributed by atoms with Crippen molar-refractivity contribution in [2.45, 2.75) is 27.7 Å². The van der Waals surface area contributed by atoms with Crippen LogP contribution in [-0.4, -0.2) is 31.3 Å². The normalized spacial score (nSPS) is 17.2. The first-order chi connectivity index (χ1) is 15.3. The zero-order valence-corrected chi connectivity index (χ0v) is 19.1. The summed E-state index contributed by atoms with van der Waals surface area (Å²) in [4.78, 5) is 31.8. The summed E-state index contributed by atoms with van der Waals surface area (Å²) in [6.45, 7) is 9.80. The van der Waals surface area contributed by atoms with E-state index < -0.39 is 5.41 Å². The molecule has 0 atom stereocenters. The van der Waals surface area contributed by atoms with Gasteiger partial charge in [-0.25, -0.2) is 0 Å². The van der Waals surface area contributed by atoms with Gasteiger partial charge in [0.15, 0.2) is 11.6 Å². The Balaban J connectivity index is 1.62. The maximum Gasteiger partial charge on any atom is 0.181 e. The third-order valence-electron chi connectivity index (χ3n) is 7.26. The van der Waals surface area contributed by atoms with E-state index in [0.29, 0.717) is 30.9 Å². The van der Waals surface area contributed by atoms with Crippen molar-refractivity contribution >= 4 is 22.9 Å². The Morgan fingerprint density at radius 3 is 1.47 bits per heavy atom. The summed E-state index contributed by atoms with van der Waals surface area (Å²) in [5, 5.41) is 0. The molecule has 1 fully saturated rings. The maximum absolute atomic E-state index is 13.7. The molecule has 3 aromatic rings. The zero-order valence-electron chi connectivity index (χ0n) is 19.1. The monoisotopic (exact) mass is 424 g/mol. The van der Waals surface area contributed by atoms with Crippen molar-refractivity contribution in [1.82, 2.24) is 0 Å². The van der Waals surface area contributed by atoms with Crippen LogP contribution in [0.2, 0.25) is 0 Å². The highest BCUT2D eigenvalue weighted by Crippen LogP contribution is 2.42. The molecule has 0 aromatic heterocycles. The molecule has 1 spiro atoms. The van der Waals surface area contributed by atoms with Crippen LogP contribution in [0.5, 0.6) is 0 Å². The molecule has 5 rings (SSSR count). The van der Waals surface area contributed by atoms with Crippen molar-refractivity contribution in [3.05, 3.63) is 94.0 Å². The van der Waals surface area contributed by atoms with Gasteiger partial charge in [0, 0.05) is 35.6 Å². The molecular weight excluding hydrogens is 396 g/mol. The Morgan fingerprint density at radius 2 is 1.06 bits per heavy atom. The van der Waals surface area contributed by atoms with E-state index in [1.165, 1.54) is 22.3 Å². The van der Waals surface area contributed by atoms with Gasteiger partial charge in [-0.1, -0.05) is 36.4 Å². The largest absolute Gasteiger partial charge is 0.352 e. The average molecular weight is 425 g/mol. The first kappa shape index (κ1) is 20.5. The quantitative estimate of drug-likeness (QED) is 0.526. The number of fused-ring (bicyclic) bond motifs is 1. The first-order valence-corrected chi connectivity index (χ1v) is 11.1. The topological polar surface area (TPSA) is 40.6 Å². The van der Waals surface area contributed by atoms with Crippen LogP contribution in [0.4, 0.5) is 11.4 Å². The summed E-state index contributed by atoms with van der Waals surface area (Å²) in [5.74, 6) is -0.110. The number of hydrogen-bond donors (Lipinski definition) is 0. The summed E-state index contributed by atoms with van der Waals surface area (Å²) >= 11 is 0. The fourth-order valence-electron chi connectivity index (χ4n) is 4.98. The summed E-state index contributed by atoms with van der Waals surface area (Å²) in [7, 11) is 0. The van der Waals surface area contributed by atoms with Gasteiger partial charge >= 0.3 is 0 Å². The Hall–Kier alpha value is -3.40. The van der Waals surface area contributed by atoms with Gasteiger partial charge in [-0.2, -0.15) is 0 Å². The number of carbonyl (C=O) groups is 2. The Kier molecular flexibility index (Phi) is 4.70. The first-order valence-electron chi connectivity index (χ1n) is 11.1. The van der Waals surface area contributed by atoms with E-state index >= 15 is 0 Å². The van der Waals surface area contributed by atoms with Crippen LogP contribution in [0.1, 0.15) is 43.0 Å². The molecule has 0 bridgehead atoms. The zero-order chi connectivity index (χ0) is 22.6. The number of benzene rings is 3. The average Bonchev–Trinajstić information content (AvgIpc) is 2.99. The molecule has 0 saturated carbocycles. The predicted molar refractivity (Wildman–Crippen MR) is 129 cm³/mol. The van der Waals surface area contributed by atoms with Crippen molar-refractivity contribution in [1.29, 1.82) is 0 Å². The lowest BCUT2D eigenvalue weighted by molar-refractivity contribution is 0.0699. The number of ketones is 2. The van der Waals surface area contributed by atoms with Crippen LogP contribution in [0.25, 0.3) is 0 Å². The molecule has 1 saturated heterocycles. The summed E-state index contributed by atoms with van der Waals surface area (Å²) < 4.78 is 0. The lowest BCUT2D eigenvalue weighted by Gasteiger charge is -2.46. The van der Waals surface area contributed by atoms with Gasteiger partial charge < -0.3 is 9.80 Å². The Bertz CT molecular complexity index is 1160. The molecule has 0 radical (unpaired) electrons. The number of anilines is 2. The molecule has 3 aromatic carbocycles. The van der Waals surface area contributed by atoms with Crippen LogP contribution in [-0.2, 0) is 0 Å². The summed E-state index contributed by atoms with van der Waals surface area (Å²) in [5.41, 5.74) is 6.95. The molecule has 0 amide bonds. The highest BCUT2D eigenvalue weighted by molar-refractivity contribution is 6.30. The molecular formula is C28H28N2O2. The van der Waals surface area contributed by atoms with Gasteiger partial charge in [0.2, 0.25) is 0 Å². The molecule has 1 aliphatic carbocycles. The number of rotatable bonds is 2. The van der Waals surface area contributed by atoms with E-state index in [1.54, 1.807) is 12.1 Å². The van der Waals surface area contributed by atoms with E-state index in [2.05, 4.69) is 73.9 Å². The molecule has 4 nitrogen and oxygen atoms in total. The van der Waals surface area contributed by atoms with Crippen LogP contribution >= 0.6 is 0 Å². The molecule has 162 valence electrons. The third-order valence-corrected chi connectivity index (χ3v) is 7.26. The molecule has 0 N–H and O–H groups in total. The Labute approximate surface area is 189 Å². The lowest BCUT2D eigenvalue weighted by atomic mass is 9.79. The van der Waals surface area contributed by atoms with E-state index in [-0.39, 0.29) is 11.6 Å². The fraction of sp³-hybridized carbons (Fsp3) is 0.286. The second-order valence-corrected chi connectivity index (χ2v) is 9.36. The molecule has 1 aliphatic heterocycles. The molecule has 0 unspecified atom stereocenters. The predicted octanol–water partition coefficient (Wildman–Crippen LogP) is 5.27. The van der Waals surface area contributed by atoms with Crippen molar-refractivity contribution in [2.75, 3.05) is 29.6 Å². The van der Waals surface area contributed by atoms with E-state index in [0.717, 1.165) is 11.4 Å². The summed E-state index contributed by atoms with van der Waals surface area (Å²) in [6, 6.07) is 20.0. The SMILES string of the molecule is Cc1ccc(N2CN(c3ccc(C)c(C)c3)CC3(C2)C(=O)c2ccccc2C3=O)cc1C. The van der Waals surface area contributed by atoms with Gasteiger partial charge in [-0.15, -0.1) is 0 Å². The number of Topliss-reactive ketones (excluding diaryl/α,β-unsaturated/α-hetero) is 2. The van der Waals surface area contributed by atoms with Gasteiger partial charge in [0.1, 0.15) is 5.41 Å². The number of carbonyl (C=O) groups excluding carboxylic acids is 2. The van der Waals surface area contributed by atoms with Gasteiger partial charge in [-0.05, 0) is 74.2 Å². The van der Waals surface area contributed by atoms with Gasteiger partial charge in [0.25, 0.3) is 0 Å². The fourth-order valence-corrected chi connectivity index (χ4v) is 4.98. The highest BCUT2D eigenvalue weighted by atomic mass is 16.2. The van der Waals surface area contributed by atoms with Gasteiger partial charge in [-0.3, -0.25) is 9.59 Å². The van der Waals surface area contributed by atoms with Gasteiger partial charge in [0.05, 0.1) is 6.67 Å². The maximum atomic E-state index is 13.7. The van der Waals surface area contributed by atoms with E-state index in [4.69, 9.17) is 0 Å². The van der Waals surface area contributed by atoms with Crippen molar-refractivity contribution in [3.63, 3.8) is 0 Å². The number of hydrogen-bond acceptors (Lipinski definition) is 4. The van der Waals surface area contributed by atoms with Crippen LogP contribution in [0.15, 0.2) is 60.7 Å². The minimum Gasteiger partial charge on any atom is -0.352 e. The van der Waals surface area contributed by atoms with Crippen molar-refractivity contribution in [3.8, 4) is 0 Å². The minimum atomic E-state index is -1.10. The van der Waals surface area contributed by atoms with Crippen LogP contribution < -0.4 is 9.80 Å². The molecule has 4 heteroatoms. The number of nitrogens with zero attached hydrogens (tertiary/aromatic N) is 2. The third kappa shape index (κ3) is 3.05. The van der Waals surface area contributed by atoms with E-state index in [1.807, 2.05) is 12.1 Å². The van der Waals surface area contributed by atoms with Crippen LogP contribution in [0.3, 0.4) is 0 Å². The number of aryl methyl sites for hydroxylation is 4. The van der Waals surface area contributed by atoms with Crippen LogP contribution in [0, 0.1) is 33.1 Å². The second kappa shape index (κ2) is 7.33. The Morgan fingerprint density at radius 1 is 0.625 bits per heavy atom. The standard InChI is InChI=1S/C28H28N2O2/c1-18-9-11-22(13-20(18)3)29-15-28(26(31)24-7-5-6-8-25(24)27(28)32)16-30(17-29)23-12-10-19(2)21(4)14-23/h5-14H,15-17H2,1-4H3. The minimum absolute atomic E-state index is 0.0551.